The van der Waals surface area contributed by atoms with Crippen LogP contribution in [0.1, 0.15) is 45.2 Å². The lowest BCUT2D eigenvalue weighted by atomic mass is 10.0. The molecule has 6 nitrogen and oxygen atoms in total. The summed E-state index contributed by atoms with van der Waals surface area (Å²) in [6, 6.07) is 10.6. The fourth-order valence-electron chi connectivity index (χ4n) is 5.02. The summed E-state index contributed by atoms with van der Waals surface area (Å²) in [6.07, 6.45) is 5.50. The monoisotopic (exact) mass is 426 g/mol. The van der Waals surface area contributed by atoms with Crippen LogP contribution in [0.4, 0.5) is 0 Å². The van der Waals surface area contributed by atoms with E-state index in [1.165, 1.54) is 11.9 Å². The fraction of sp³-hybridized carbons (Fsp3) is 0.522. The third-order valence-corrected chi connectivity index (χ3v) is 6.67. The van der Waals surface area contributed by atoms with Crippen molar-refractivity contribution in [2.45, 2.75) is 58.0 Å². The van der Waals surface area contributed by atoms with Crippen molar-refractivity contribution < 1.29 is 9.47 Å². The first kappa shape index (κ1) is 19.9. The predicted molar refractivity (Wildman–Crippen MR) is 115 cm³/mol. The molecule has 0 radical (unpaired) electrons. The summed E-state index contributed by atoms with van der Waals surface area (Å²) < 4.78 is 14.9. The van der Waals surface area contributed by atoms with E-state index in [1.807, 2.05) is 24.5 Å². The minimum atomic E-state index is -0.207. The van der Waals surface area contributed by atoms with Crippen molar-refractivity contribution in [3.05, 3.63) is 53.7 Å². The minimum absolute atomic E-state index is 0.0418. The molecule has 3 aromatic rings. The Kier molecular flexibility index (Phi) is 4.84. The van der Waals surface area contributed by atoms with E-state index >= 15 is 0 Å². The molecule has 2 aliphatic rings. The van der Waals surface area contributed by atoms with E-state index in [4.69, 9.17) is 21.1 Å². The quantitative estimate of drug-likeness (QED) is 0.528. The van der Waals surface area contributed by atoms with Crippen molar-refractivity contribution in [2.24, 2.45) is 11.3 Å². The minimum Gasteiger partial charge on any atom is -0.376 e. The lowest BCUT2D eigenvalue weighted by Crippen LogP contribution is -2.35. The van der Waals surface area contributed by atoms with Crippen LogP contribution < -0.4 is 0 Å². The Morgan fingerprint density at radius 1 is 1.17 bits per heavy atom. The molecule has 2 heterocycles. The van der Waals surface area contributed by atoms with Crippen LogP contribution in [0.5, 0.6) is 0 Å². The number of nitrogens with zero attached hydrogens (tertiary/aromatic N) is 4. The van der Waals surface area contributed by atoms with Crippen molar-refractivity contribution in [2.75, 3.05) is 6.61 Å². The predicted octanol–water partition coefficient (Wildman–Crippen LogP) is 4.83. The Bertz CT molecular complexity index is 1050. The van der Waals surface area contributed by atoms with Gasteiger partial charge in [0.05, 0.1) is 31.2 Å². The van der Waals surface area contributed by atoms with Gasteiger partial charge in [0, 0.05) is 11.5 Å². The number of halogens is 1. The highest BCUT2D eigenvalue weighted by Crippen LogP contribution is 2.69. The fourth-order valence-corrected chi connectivity index (χ4v) is 5.19. The van der Waals surface area contributed by atoms with Gasteiger partial charge in [-0.05, 0) is 45.1 Å². The van der Waals surface area contributed by atoms with Crippen LogP contribution in [-0.2, 0) is 16.1 Å². The second-order valence-electron chi connectivity index (χ2n) is 9.53. The van der Waals surface area contributed by atoms with Gasteiger partial charge in [-0.1, -0.05) is 41.9 Å². The van der Waals surface area contributed by atoms with Crippen LogP contribution in [0.25, 0.3) is 11.2 Å². The Labute approximate surface area is 181 Å². The van der Waals surface area contributed by atoms with E-state index in [1.54, 1.807) is 0 Å². The van der Waals surface area contributed by atoms with Gasteiger partial charge in [0.1, 0.15) is 11.8 Å². The molecule has 2 fully saturated rings. The zero-order valence-electron chi connectivity index (χ0n) is 17.6. The molecule has 4 atom stereocenters. The molecule has 1 unspecified atom stereocenters. The highest BCUT2D eigenvalue weighted by molar-refractivity contribution is 6.33. The first-order valence-electron chi connectivity index (χ1n) is 10.5. The summed E-state index contributed by atoms with van der Waals surface area (Å²) in [7, 11) is 0. The average molecular weight is 427 g/mol. The van der Waals surface area contributed by atoms with E-state index in [0.717, 1.165) is 18.5 Å². The lowest BCUT2D eigenvalue weighted by Gasteiger charge is -2.31. The van der Waals surface area contributed by atoms with Gasteiger partial charge in [-0.25, -0.2) is 15.0 Å². The molecule has 158 valence electrons. The Balaban J connectivity index is 1.39. The molecule has 0 bridgehead atoms. The number of ether oxygens (including phenoxy) is 2. The molecule has 0 N–H and O–H groups in total. The molecule has 0 spiro atoms. The Morgan fingerprint density at radius 3 is 2.73 bits per heavy atom. The van der Waals surface area contributed by atoms with E-state index in [-0.39, 0.29) is 23.2 Å². The number of aromatic nitrogens is 4. The van der Waals surface area contributed by atoms with Crippen LogP contribution in [0, 0.1) is 11.3 Å². The third kappa shape index (κ3) is 3.51. The molecular formula is C23H27ClN4O2. The number of rotatable bonds is 6. The zero-order valence-corrected chi connectivity index (χ0v) is 18.3. The Hall–Kier alpha value is -2.02. The third-order valence-electron chi connectivity index (χ3n) is 6.39. The number of fused-ring (bicyclic) bond motifs is 2. The number of imidazole rings is 1. The highest BCUT2D eigenvalue weighted by Gasteiger charge is 2.69. The standard InChI is InChI=1S/C23H27ClN4O2/c1-22(2,3)30-18-9-17(28-14-27-19-20(24)25-13-26-21(19)28)16-10-23(16,18)12-29-11-15-7-5-4-6-8-15/h4-8,13-14,16-18H,9-12H2,1-3H3/t16?,17-,18-,23+/m0/s1. The molecule has 5 rings (SSSR count). The first-order valence-corrected chi connectivity index (χ1v) is 10.9. The molecule has 2 saturated carbocycles. The van der Waals surface area contributed by atoms with Gasteiger partial charge in [0.25, 0.3) is 0 Å². The lowest BCUT2D eigenvalue weighted by molar-refractivity contribution is -0.104. The van der Waals surface area contributed by atoms with Crippen molar-refractivity contribution in [3.8, 4) is 0 Å². The van der Waals surface area contributed by atoms with Crippen molar-refractivity contribution in [1.82, 2.24) is 19.5 Å². The van der Waals surface area contributed by atoms with Crippen molar-refractivity contribution in [1.29, 1.82) is 0 Å². The number of hydrogen-bond donors (Lipinski definition) is 0. The van der Waals surface area contributed by atoms with Crippen LogP contribution >= 0.6 is 11.6 Å². The van der Waals surface area contributed by atoms with Crippen LogP contribution in [0.3, 0.4) is 0 Å². The summed E-state index contributed by atoms with van der Waals surface area (Å²) in [5.74, 6) is 0.478. The molecule has 7 heteroatoms. The largest absolute Gasteiger partial charge is 0.376 e. The van der Waals surface area contributed by atoms with Crippen LogP contribution in [-0.4, -0.2) is 37.8 Å². The molecule has 0 aliphatic heterocycles. The van der Waals surface area contributed by atoms with Crippen molar-refractivity contribution >= 4 is 22.8 Å². The molecule has 0 amide bonds. The van der Waals surface area contributed by atoms with Gasteiger partial charge >= 0.3 is 0 Å². The smallest absolute Gasteiger partial charge is 0.165 e. The van der Waals surface area contributed by atoms with Gasteiger partial charge in [-0.15, -0.1) is 0 Å². The second kappa shape index (κ2) is 7.29. The van der Waals surface area contributed by atoms with Crippen LogP contribution in [0.2, 0.25) is 5.15 Å². The average Bonchev–Trinajstić information content (AvgIpc) is 3.14. The van der Waals surface area contributed by atoms with E-state index in [9.17, 15) is 0 Å². The summed E-state index contributed by atoms with van der Waals surface area (Å²) in [5.41, 5.74) is 2.48. The maximum Gasteiger partial charge on any atom is 0.165 e. The maximum absolute atomic E-state index is 6.55. The van der Waals surface area contributed by atoms with E-state index in [2.05, 4.69) is 52.4 Å². The molecule has 2 aromatic heterocycles. The van der Waals surface area contributed by atoms with Gasteiger partial charge in [0.15, 0.2) is 10.8 Å². The Morgan fingerprint density at radius 2 is 1.97 bits per heavy atom. The topological polar surface area (TPSA) is 62.1 Å². The number of hydrogen-bond acceptors (Lipinski definition) is 5. The van der Waals surface area contributed by atoms with Crippen molar-refractivity contribution in [3.63, 3.8) is 0 Å². The summed E-state index contributed by atoms with van der Waals surface area (Å²) in [6.45, 7) is 7.69. The summed E-state index contributed by atoms with van der Waals surface area (Å²) >= 11 is 6.22. The summed E-state index contributed by atoms with van der Waals surface area (Å²) in [4.78, 5) is 13.0. The van der Waals surface area contributed by atoms with E-state index in [0.29, 0.717) is 29.8 Å². The normalized spacial score (nSPS) is 28.1. The first-order chi connectivity index (χ1) is 14.4. The second-order valence-corrected chi connectivity index (χ2v) is 9.89. The SMILES string of the molecule is CC(C)(C)O[C@H]1C[C@H](n2cnc3c(Cl)ncnc32)C2C[C@@]21COCc1ccccc1. The summed E-state index contributed by atoms with van der Waals surface area (Å²) in [5, 5.41) is 0.396. The molecule has 1 aromatic carbocycles. The van der Waals surface area contributed by atoms with Crippen LogP contribution in [0.15, 0.2) is 43.0 Å². The highest BCUT2D eigenvalue weighted by atomic mass is 35.5. The maximum atomic E-state index is 6.55. The molecule has 2 aliphatic carbocycles. The van der Waals surface area contributed by atoms with Gasteiger partial charge in [-0.2, -0.15) is 0 Å². The van der Waals surface area contributed by atoms with E-state index < -0.39 is 0 Å². The molecular weight excluding hydrogens is 400 g/mol. The van der Waals surface area contributed by atoms with Gasteiger partial charge in [0.2, 0.25) is 0 Å². The molecule has 0 saturated heterocycles. The van der Waals surface area contributed by atoms with Gasteiger partial charge < -0.3 is 14.0 Å². The molecule has 30 heavy (non-hydrogen) atoms. The van der Waals surface area contributed by atoms with Gasteiger partial charge in [-0.3, -0.25) is 0 Å². The number of benzene rings is 1. The zero-order chi connectivity index (χ0) is 20.9.